The molecule has 0 aromatic carbocycles. The number of carbonyl (C=O) groups excluding carboxylic acids is 1. The van der Waals surface area contributed by atoms with Crippen molar-refractivity contribution in [3.63, 3.8) is 0 Å². The second kappa shape index (κ2) is 5.69. The van der Waals surface area contributed by atoms with Gasteiger partial charge in [0, 0.05) is 30.7 Å². The zero-order valence-electron chi connectivity index (χ0n) is 13.2. The van der Waals surface area contributed by atoms with Crippen LogP contribution in [0.1, 0.15) is 55.5 Å². The first-order valence-corrected chi connectivity index (χ1v) is 8.66. The van der Waals surface area contributed by atoms with Crippen molar-refractivity contribution in [2.45, 2.75) is 57.9 Å². The van der Waals surface area contributed by atoms with E-state index in [-0.39, 0.29) is 11.3 Å². The summed E-state index contributed by atoms with van der Waals surface area (Å²) < 4.78 is 5.60. The standard InChI is InChI=1S/C17H25N3O2/c21-16-6-7-17(8-9-22-12-17)11-20(16)10-15-13-4-2-1-3-5-14(13)18-19-15/h1-12H2,(H,18,19). The number of H-pyrrole nitrogens is 1. The maximum atomic E-state index is 12.3. The van der Waals surface area contributed by atoms with Gasteiger partial charge in [-0.1, -0.05) is 6.42 Å². The first kappa shape index (κ1) is 14.2. The number of fused-ring (bicyclic) bond motifs is 1. The number of ether oxygens (including phenoxy) is 1. The van der Waals surface area contributed by atoms with Gasteiger partial charge in [0.2, 0.25) is 5.91 Å². The molecule has 2 fully saturated rings. The summed E-state index contributed by atoms with van der Waals surface area (Å²) in [6.45, 7) is 3.18. The van der Waals surface area contributed by atoms with Crippen LogP contribution in [0.4, 0.5) is 0 Å². The number of nitrogens with zero attached hydrogens (tertiary/aromatic N) is 2. The van der Waals surface area contributed by atoms with Gasteiger partial charge in [0.25, 0.3) is 0 Å². The molecule has 120 valence electrons. The van der Waals surface area contributed by atoms with Gasteiger partial charge in [-0.05, 0) is 44.1 Å². The molecular formula is C17H25N3O2. The largest absolute Gasteiger partial charge is 0.381 e. The Kier molecular flexibility index (Phi) is 3.68. The zero-order valence-corrected chi connectivity index (χ0v) is 13.2. The minimum absolute atomic E-state index is 0.209. The van der Waals surface area contributed by atoms with Crippen LogP contribution < -0.4 is 0 Å². The number of nitrogens with one attached hydrogen (secondary N) is 1. The maximum Gasteiger partial charge on any atom is 0.222 e. The molecule has 2 saturated heterocycles. The predicted molar refractivity (Wildman–Crippen MR) is 82.4 cm³/mol. The SMILES string of the molecule is O=C1CCC2(CCOC2)CN1Cc1n[nH]c2c1CCCCC2. The first-order valence-electron chi connectivity index (χ1n) is 8.66. The quantitative estimate of drug-likeness (QED) is 0.852. The van der Waals surface area contributed by atoms with E-state index in [9.17, 15) is 4.79 Å². The van der Waals surface area contributed by atoms with Gasteiger partial charge in [0.1, 0.15) is 0 Å². The molecule has 1 aromatic heterocycles. The van der Waals surface area contributed by atoms with Gasteiger partial charge in [-0.2, -0.15) is 5.10 Å². The van der Waals surface area contributed by atoms with Crippen LogP contribution in [0.25, 0.3) is 0 Å². The van der Waals surface area contributed by atoms with E-state index >= 15 is 0 Å². The lowest BCUT2D eigenvalue weighted by Gasteiger charge is -2.39. The molecule has 5 heteroatoms. The molecule has 1 spiro atoms. The van der Waals surface area contributed by atoms with E-state index in [4.69, 9.17) is 4.74 Å². The van der Waals surface area contributed by atoms with Crippen molar-refractivity contribution in [3.05, 3.63) is 17.0 Å². The summed E-state index contributed by atoms with van der Waals surface area (Å²) >= 11 is 0. The maximum absolute atomic E-state index is 12.3. The third-order valence-electron chi connectivity index (χ3n) is 5.67. The van der Waals surface area contributed by atoms with Gasteiger partial charge in [0.05, 0.1) is 18.8 Å². The summed E-state index contributed by atoms with van der Waals surface area (Å²) in [6.07, 6.45) is 8.74. The molecule has 0 bridgehead atoms. The fourth-order valence-electron chi connectivity index (χ4n) is 4.26. The van der Waals surface area contributed by atoms with Crippen LogP contribution in [0.5, 0.6) is 0 Å². The van der Waals surface area contributed by atoms with Crippen molar-refractivity contribution in [1.29, 1.82) is 0 Å². The third kappa shape index (κ3) is 2.56. The summed E-state index contributed by atoms with van der Waals surface area (Å²) in [5, 5.41) is 7.75. The Morgan fingerprint density at radius 1 is 1.18 bits per heavy atom. The average molecular weight is 303 g/mol. The molecule has 1 N–H and O–H groups in total. The second-order valence-electron chi connectivity index (χ2n) is 7.24. The van der Waals surface area contributed by atoms with Crippen LogP contribution in [-0.2, 0) is 28.9 Å². The summed E-state index contributed by atoms with van der Waals surface area (Å²) in [5.74, 6) is 0.280. The van der Waals surface area contributed by atoms with Crippen LogP contribution in [0, 0.1) is 5.41 Å². The molecule has 2 aliphatic heterocycles. The fourth-order valence-corrected chi connectivity index (χ4v) is 4.26. The highest BCUT2D eigenvalue weighted by atomic mass is 16.5. The van der Waals surface area contributed by atoms with Crippen LogP contribution in [0.2, 0.25) is 0 Å². The van der Waals surface area contributed by atoms with Gasteiger partial charge in [-0.25, -0.2) is 0 Å². The van der Waals surface area contributed by atoms with Gasteiger partial charge in [-0.15, -0.1) is 0 Å². The molecule has 1 amide bonds. The molecule has 0 saturated carbocycles. The van der Waals surface area contributed by atoms with E-state index in [0.29, 0.717) is 13.0 Å². The van der Waals surface area contributed by atoms with Gasteiger partial charge < -0.3 is 9.64 Å². The van der Waals surface area contributed by atoms with Crippen molar-refractivity contribution >= 4 is 5.91 Å². The van der Waals surface area contributed by atoms with Crippen LogP contribution >= 0.6 is 0 Å². The molecule has 1 unspecified atom stereocenters. The first-order chi connectivity index (χ1) is 10.8. The Morgan fingerprint density at radius 2 is 2.09 bits per heavy atom. The number of hydrogen-bond donors (Lipinski definition) is 1. The Morgan fingerprint density at radius 3 is 2.95 bits per heavy atom. The van der Waals surface area contributed by atoms with Crippen molar-refractivity contribution in [2.75, 3.05) is 19.8 Å². The number of carbonyl (C=O) groups is 1. The van der Waals surface area contributed by atoms with E-state index in [1.165, 1.54) is 30.5 Å². The predicted octanol–water partition coefficient (Wildman–Crippen LogP) is 2.21. The summed E-state index contributed by atoms with van der Waals surface area (Å²) in [4.78, 5) is 14.4. The molecule has 1 atom stereocenters. The van der Waals surface area contributed by atoms with Crippen molar-refractivity contribution < 1.29 is 9.53 Å². The normalized spacial score (nSPS) is 28.9. The summed E-state index contributed by atoms with van der Waals surface area (Å²) in [6, 6.07) is 0. The minimum atomic E-state index is 0.209. The highest BCUT2D eigenvalue weighted by Gasteiger charge is 2.41. The van der Waals surface area contributed by atoms with E-state index in [2.05, 4.69) is 10.2 Å². The molecule has 1 aliphatic carbocycles. The molecule has 22 heavy (non-hydrogen) atoms. The van der Waals surface area contributed by atoms with Crippen LogP contribution in [0.3, 0.4) is 0 Å². The lowest BCUT2D eigenvalue weighted by Crippen LogP contribution is -2.46. The molecule has 3 heterocycles. The third-order valence-corrected chi connectivity index (χ3v) is 5.67. The lowest BCUT2D eigenvalue weighted by molar-refractivity contribution is -0.138. The minimum Gasteiger partial charge on any atom is -0.381 e. The average Bonchev–Trinajstić information content (AvgIpc) is 3.05. The summed E-state index contributed by atoms with van der Waals surface area (Å²) in [7, 11) is 0. The topological polar surface area (TPSA) is 58.2 Å². The Hall–Kier alpha value is -1.36. The molecule has 5 nitrogen and oxygen atoms in total. The number of amides is 1. The summed E-state index contributed by atoms with van der Waals surface area (Å²) in [5.41, 5.74) is 3.99. The Balaban J connectivity index is 1.52. The zero-order chi connectivity index (χ0) is 15.0. The van der Waals surface area contributed by atoms with E-state index < -0.39 is 0 Å². The van der Waals surface area contributed by atoms with Crippen molar-refractivity contribution in [2.24, 2.45) is 5.41 Å². The molecule has 1 aromatic rings. The van der Waals surface area contributed by atoms with E-state index in [1.807, 2.05) is 4.90 Å². The number of hydrogen-bond acceptors (Lipinski definition) is 3. The lowest BCUT2D eigenvalue weighted by atomic mass is 9.79. The van der Waals surface area contributed by atoms with E-state index in [0.717, 1.165) is 51.1 Å². The number of aromatic nitrogens is 2. The number of aryl methyl sites for hydroxylation is 1. The van der Waals surface area contributed by atoms with Gasteiger partial charge in [-0.3, -0.25) is 9.89 Å². The molecular weight excluding hydrogens is 278 g/mol. The number of piperidine rings is 1. The van der Waals surface area contributed by atoms with Crippen molar-refractivity contribution in [3.8, 4) is 0 Å². The van der Waals surface area contributed by atoms with Gasteiger partial charge >= 0.3 is 0 Å². The van der Waals surface area contributed by atoms with E-state index in [1.54, 1.807) is 0 Å². The Labute approximate surface area is 131 Å². The number of rotatable bonds is 2. The smallest absolute Gasteiger partial charge is 0.222 e. The fraction of sp³-hybridized carbons (Fsp3) is 0.765. The molecule has 0 radical (unpaired) electrons. The highest BCUT2D eigenvalue weighted by Crippen LogP contribution is 2.38. The van der Waals surface area contributed by atoms with Crippen LogP contribution in [0.15, 0.2) is 0 Å². The molecule has 3 aliphatic rings. The second-order valence-corrected chi connectivity index (χ2v) is 7.24. The number of aromatic amines is 1. The monoisotopic (exact) mass is 303 g/mol. The Bertz CT molecular complexity index is 560. The number of likely N-dealkylation sites (tertiary alicyclic amines) is 1. The van der Waals surface area contributed by atoms with Crippen LogP contribution in [-0.4, -0.2) is 40.8 Å². The van der Waals surface area contributed by atoms with Gasteiger partial charge in [0.15, 0.2) is 0 Å². The molecule has 4 rings (SSSR count). The highest BCUT2D eigenvalue weighted by molar-refractivity contribution is 5.77. The van der Waals surface area contributed by atoms with Crippen molar-refractivity contribution in [1.82, 2.24) is 15.1 Å².